The first-order valence-electron chi connectivity index (χ1n) is 6.09. The molecule has 106 valence electrons. The third-order valence-corrected chi connectivity index (χ3v) is 3.77. The molecule has 20 heavy (non-hydrogen) atoms. The topological polar surface area (TPSA) is 35.2 Å². The van der Waals surface area contributed by atoms with E-state index in [2.05, 4.69) is 15.9 Å². The second kappa shape index (κ2) is 6.33. The zero-order valence-electron chi connectivity index (χ0n) is 10.9. The quantitative estimate of drug-likeness (QED) is 0.898. The van der Waals surface area contributed by atoms with Crippen molar-refractivity contribution in [1.82, 2.24) is 0 Å². The van der Waals surface area contributed by atoms with Gasteiger partial charge in [0.05, 0.1) is 4.47 Å². The van der Waals surface area contributed by atoms with Gasteiger partial charge in [-0.1, -0.05) is 12.1 Å². The highest BCUT2D eigenvalue weighted by atomic mass is 79.9. The summed E-state index contributed by atoms with van der Waals surface area (Å²) in [6, 6.07) is 8.55. The molecule has 0 aliphatic rings. The van der Waals surface area contributed by atoms with E-state index in [1.54, 1.807) is 19.1 Å². The Hall–Kier alpha value is -1.46. The molecule has 0 saturated heterocycles. The lowest BCUT2D eigenvalue weighted by molar-refractivity contribution is 0.299. The summed E-state index contributed by atoms with van der Waals surface area (Å²) in [4.78, 5) is 0. The molecule has 0 amide bonds. The molecule has 2 aromatic rings. The lowest BCUT2D eigenvalue weighted by atomic mass is 10.1. The van der Waals surface area contributed by atoms with Crippen molar-refractivity contribution in [2.75, 3.05) is 0 Å². The third-order valence-electron chi connectivity index (χ3n) is 2.88. The average Bonchev–Trinajstić information content (AvgIpc) is 2.41. The van der Waals surface area contributed by atoms with Crippen molar-refractivity contribution in [1.29, 1.82) is 0 Å². The van der Waals surface area contributed by atoms with Crippen molar-refractivity contribution in [3.63, 3.8) is 0 Å². The van der Waals surface area contributed by atoms with Crippen LogP contribution in [-0.2, 0) is 6.61 Å². The number of halogens is 3. The normalized spacial score (nSPS) is 12.2. The van der Waals surface area contributed by atoms with Crippen LogP contribution in [0.3, 0.4) is 0 Å². The molecular formula is C15H14BrF2NO. The van der Waals surface area contributed by atoms with Crippen molar-refractivity contribution < 1.29 is 13.5 Å². The zero-order valence-corrected chi connectivity index (χ0v) is 12.5. The van der Waals surface area contributed by atoms with E-state index in [1.807, 2.05) is 0 Å². The molecule has 0 aromatic heterocycles. The standard InChI is InChI=1S/C15H14BrF2NO/c1-9(19)12-7-11(17)5-6-14(12)20-8-10-3-2-4-13(18)15(10)16/h2-7,9H,8,19H2,1H3/t9-/m0/s1. The van der Waals surface area contributed by atoms with Gasteiger partial charge in [-0.15, -0.1) is 0 Å². The van der Waals surface area contributed by atoms with Gasteiger partial charge in [-0.3, -0.25) is 0 Å². The first-order chi connectivity index (χ1) is 9.49. The van der Waals surface area contributed by atoms with Crippen LogP contribution < -0.4 is 10.5 Å². The van der Waals surface area contributed by atoms with Crippen molar-refractivity contribution in [3.05, 3.63) is 63.6 Å². The molecule has 0 bridgehead atoms. The Labute approximate surface area is 124 Å². The van der Waals surface area contributed by atoms with Crippen LogP contribution >= 0.6 is 15.9 Å². The maximum Gasteiger partial charge on any atom is 0.137 e. The molecule has 0 saturated carbocycles. The van der Waals surface area contributed by atoms with Gasteiger partial charge >= 0.3 is 0 Å². The van der Waals surface area contributed by atoms with Crippen LogP contribution in [0.15, 0.2) is 40.9 Å². The highest BCUT2D eigenvalue weighted by molar-refractivity contribution is 9.10. The van der Waals surface area contributed by atoms with E-state index in [-0.39, 0.29) is 24.3 Å². The van der Waals surface area contributed by atoms with E-state index in [4.69, 9.17) is 10.5 Å². The zero-order chi connectivity index (χ0) is 14.7. The van der Waals surface area contributed by atoms with Crippen LogP contribution in [0, 0.1) is 11.6 Å². The highest BCUT2D eigenvalue weighted by Crippen LogP contribution is 2.27. The molecule has 0 heterocycles. The summed E-state index contributed by atoms with van der Waals surface area (Å²) in [6.07, 6.45) is 0. The smallest absolute Gasteiger partial charge is 0.137 e. The fourth-order valence-corrected chi connectivity index (χ4v) is 2.20. The van der Waals surface area contributed by atoms with Crippen LogP contribution in [-0.4, -0.2) is 0 Å². The Bertz CT molecular complexity index is 617. The molecule has 1 atom stereocenters. The first kappa shape index (κ1) is 14.9. The minimum atomic E-state index is -0.364. The average molecular weight is 342 g/mol. The van der Waals surface area contributed by atoms with Crippen LogP contribution in [0.5, 0.6) is 5.75 Å². The largest absolute Gasteiger partial charge is 0.489 e. The van der Waals surface area contributed by atoms with Gasteiger partial charge in [0.2, 0.25) is 0 Å². The van der Waals surface area contributed by atoms with Crippen LogP contribution in [0.2, 0.25) is 0 Å². The van der Waals surface area contributed by atoms with E-state index < -0.39 is 0 Å². The van der Waals surface area contributed by atoms with Crippen LogP contribution in [0.4, 0.5) is 8.78 Å². The molecule has 2 nitrogen and oxygen atoms in total. The van der Waals surface area contributed by atoms with Gasteiger partial charge < -0.3 is 10.5 Å². The van der Waals surface area contributed by atoms with E-state index in [1.165, 1.54) is 24.3 Å². The molecule has 2 aromatic carbocycles. The third kappa shape index (κ3) is 3.35. The monoisotopic (exact) mass is 341 g/mol. The Balaban J connectivity index is 2.21. The predicted octanol–water partition coefficient (Wildman–Crippen LogP) is 4.33. The van der Waals surface area contributed by atoms with E-state index in [9.17, 15) is 8.78 Å². The van der Waals surface area contributed by atoms with Crippen molar-refractivity contribution in [3.8, 4) is 5.75 Å². The summed E-state index contributed by atoms with van der Waals surface area (Å²) in [5.41, 5.74) is 7.04. The number of ether oxygens (including phenoxy) is 1. The molecule has 5 heteroatoms. The molecule has 0 aliphatic carbocycles. The molecule has 2 N–H and O–H groups in total. The molecular weight excluding hydrogens is 328 g/mol. The van der Waals surface area contributed by atoms with Gasteiger partial charge in [0.25, 0.3) is 0 Å². The van der Waals surface area contributed by atoms with Gasteiger partial charge in [-0.2, -0.15) is 0 Å². The summed E-state index contributed by atoms with van der Waals surface area (Å²) >= 11 is 3.17. The number of hydrogen-bond donors (Lipinski definition) is 1. The molecule has 0 radical (unpaired) electrons. The van der Waals surface area contributed by atoms with Gasteiger partial charge in [0, 0.05) is 17.2 Å². The van der Waals surface area contributed by atoms with Crippen molar-refractivity contribution in [2.45, 2.75) is 19.6 Å². The Morgan fingerprint density at radius 2 is 2.00 bits per heavy atom. The van der Waals surface area contributed by atoms with E-state index >= 15 is 0 Å². The van der Waals surface area contributed by atoms with Crippen molar-refractivity contribution in [2.24, 2.45) is 5.73 Å². The SMILES string of the molecule is C[C@H](N)c1cc(F)ccc1OCc1cccc(F)c1Br. The summed E-state index contributed by atoms with van der Waals surface area (Å²) in [7, 11) is 0. The Morgan fingerprint density at radius 3 is 2.70 bits per heavy atom. The van der Waals surface area contributed by atoms with Gasteiger partial charge in [0.15, 0.2) is 0 Å². The predicted molar refractivity (Wildman–Crippen MR) is 77.4 cm³/mol. The van der Waals surface area contributed by atoms with Gasteiger partial charge in [0.1, 0.15) is 24.0 Å². The van der Waals surface area contributed by atoms with E-state index in [0.717, 1.165) is 0 Å². The Morgan fingerprint density at radius 1 is 1.25 bits per heavy atom. The number of benzene rings is 2. The molecule has 0 aliphatic heterocycles. The lowest BCUT2D eigenvalue weighted by Gasteiger charge is -2.15. The first-order valence-corrected chi connectivity index (χ1v) is 6.89. The second-order valence-corrected chi connectivity index (χ2v) is 5.27. The molecule has 0 fully saturated rings. The van der Waals surface area contributed by atoms with Crippen molar-refractivity contribution >= 4 is 15.9 Å². The number of nitrogens with two attached hydrogens (primary N) is 1. The summed E-state index contributed by atoms with van der Waals surface area (Å²) < 4.78 is 32.6. The summed E-state index contributed by atoms with van der Waals surface area (Å²) in [5.74, 6) is -0.216. The molecule has 2 rings (SSSR count). The number of rotatable bonds is 4. The van der Waals surface area contributed by atoms with Gasteiger partial charge in [-0.05, 0) is 47.1 Å². The minimum Gasteiger partial charge on any atom is -0.489 e. The highest BCUT2D eigenvalue weighted by Gasteiger charge is 2.11. The maximum atomic E-state index is 13.4. The van der Waals surface area contributed by atoms with Crippen LogP contribution in [0.25, 0.3) is 0 Å². The molecule has 0 spiro atoms. The Kier molecular flexibility index (Phi) is 4.73. The lowest BCUT2D eigenvalue weighted by Crippen LogP contribution is -2.09. The second-order valence-electron chi connectivity index (χ2n) is 4.47. The molecule has 0 unspecified atom stereocenters. The summed E-state index contributed by atoms with van der Waals surface area (Å²) in [6.45, 7) is 1.92. The van der Waals surface area contributed by atoms with E-state index in [0.29, 0.717) is 21.3 Å². The van der Waals surface area contributed by atoms with Crippen LogP contribution in [0.1, 0.15) is 24.1 Å². The number of hydrogen-bond acceptors (Lipinski definition) is 2. The maximum absolute atomic E-state index is 13.4. The van der Waals surface area contributed by atoms with Gasteiger partial charge in [-0.25, -0.2) is 8.78 Å². The fourth-order valence-electron chi connectivity index (χ4n) is 1.82. The minimum absolute atomic E-state index is 0.170. The fraction of sp³-hybridized carbons (Fsp3) is 0.200. The summed E-state index contributed by atoms with van der Waals surface area (Å²) in [5, 5.41) is 0.